The lowest BCUT2D eigenvalue weighted by atomic mass is 10.1. The summed E-state index contributed by atoms with van der Waals surface area (Å²) in [6.07, 6.45) is 5.44. The first-order chi connectivity index (χ1) is 8.77. The quantitative estimate of drug-likeness (QED) is 0.720. The Balaban J connectivity index is 2.16. The molecular weight excluding hydrogens is 228 g/mol. The minimum absolute atomic E-state index is 0.262. The van der Waals surface area contributed by atoms with E-state index in [9.17, 15) is 4.79 Å². The molecular formula is C14H28N2O2. The van der Waals surface area contributed by atoms with Crippen LogP contribution in [0, 0.1) is 0 Å². The summed E-state index contributed by atoms with van der Waals surface area (Å²) in [5.41, 5.74) is 0. The van der Waals surface area contributed by atoms with Gasteiger partial charge in [0.05, 0.1) is 13.2 Å². The number of nitrogens with one attached hydrogen (secondary N) is 1. The van der Waals surface area contributed by atoms with E-state index in [-0.39, 0.29) is 5.91 Å². The molecule has 0 bridgehead atoms. The van der Waals surface area contributed by atoms with Gasteiger partial charge in [0, 0.05) is 32.1 Å². The van der Waals surface area contributed by atoms with E-state index < -0.39 is 0 Å². The van der Waals surface area contributed by atoms with E-state index >= 15 is 0 Å². The van der Waals surface area contributed by atoms with Gasteiger partial charge in [0.1, 0.15) is 0 Å². The van der Waals surface area contributed by atoms with Gasteiger partial charge in [0.15, 0.2) is 0 Å². The highest BCUT2D eigenvalue weighted by Crippen LogP contribution is 2.05. The van der Waals surface area contributed by atoms with Gasteiger partial charge in [-0.25, -0.2) is 0 Å². The monoisotopic (exact) mass is 256 g/mol. The van der Waals surface area contributed by atoms with Gasteiger partial charge in [0.2, 0.25) is 5.91 Å². The number of rotatable bonds is 8. The van der Waals surface area contributed by atoms with Crippen LogP contribution in [0.25, 0.3) is 0 Å². The van der Waals surface area contributed by atoms with Crippen molar-refractivity contribution < 1.29 is 9.53 Å². The number of carbonyl (C=O) groups is 1. The second-order valence-corrected chi connectivity index (χ2v) is 4.97. The van der Waals surface area contributed by atoms with Crippen molar-refractivity contribution in [3.63, 3.8) is 0 Å². The van der Waals surface area contributed by atoms with E-state index in [1.54, 1.807) is 0 Å². The third-order valence-electron chi connectivity index (χ3n) is 3.41. The lowest BCUT2D eigenvalue weighted by molar-refractivity contribution is -0.135. The molecule has 0 aromatic heterocycles. The van der Waals surface area contributed by atoms with Crippen LogP contribution >= 0.6 is 0 Å². The van der Waals surface area contributed by atoms with Crippen LogP contribution in [0.5, 0.6) is 0 Å². The van der Waals surface area contributed by atoms with Crippen molar-refractivity contribution in [1.29, 1.82) is 0 Å². The number of morpholine rings is 1. The van der Waals surface area contributed by atoms with Crippen molar-refractivity contribution in [3.05, 3.63) is 0 Å². The first kappa shape index (κ1) is 15.4. The topological polar surface area (TPSA) is 41.6 Å². The number of nitrogens with zero attached hydrogens (tertiary/aromatic N) is 1. The molecule has 0 spiro atoms. The van der Waals surface area contributed by atoms with E-state index in [2.05, 4.69) is 19.2 Å². The van der Waals surface area contributed by atoms with Crippen LogP contribution in [-0.4, -0.2) is 49.7 Å². The van der Waals surface area contributed by atoms with Crippen LogP contribution in [0.4, 0.5) is 0 Å². The molecule has 18 heavy (non-hydrogen) atoms. The van der Waals surface area contributed by atoms with Crippen LogP contribution in [0.3, 0.4) is 0 Å². The van der Waals surface area contributed by atoms with E-state index in [1.807, 2.05) is 4.90 Å². The molecule has 4 nitrogen and oxygen atoms in total. The van der Waals surface area contributed by atoms with Gasteiger partial charge in [0.25, 0.3) is 0 Å². The van der Waals surface area contributed by atoms with Gasteiger partial charge in [-0.05, 0) is 12.8 Å². The van der Waals surface area contributed by atoms with Gasteiger partial charge in [-0.1, -0.05) is 26.7 Å². The van der Waals surface area contributed by atoms with Gasteiger partial charge in [-0.15, -0.1) is 0 Å². The number of hydrogen-bond donors (Lipinski definition) is 1. The molecule has 1 heterocycles. The molecule has 0 saturated carbocycles. The number of amides is 1. The van der Waals surface area contributed by atoms with Crippen LogP contribution in [0.1, 0.15) is 46.0 Å². The molecule has 4 heteroatoms. The third-order valence-corrected chi connectivity index (χ3v) is 3.41. The van der Waals surface area contributed by atoms with E-state index in [0.29, 0.717) is 25.7 Å². The third kappa shape index (κ3) is 5.83. The number of hydrogen-bond acceptors (Lipinski definition) is 3. The summed E-state index contributed by atoms with van der Waals surface area (Å²) in [6, 6.07) is 0.581. The Hall–Kier alpha value is -0.610. The summed E-state index contributed by atoms with van der Waals surface area (Å²) in [4.78, 5) is 13.8. The van der Waals surface area contributed by atoms with Crippen LogP contribution in [0.2, 0.25) is 0 Å². The Morgan fingerprint density at radius 3 is 2.39 bits per heavy atom. The zero-order chi connectivity index (χ0) is 13.2. The highest BCUT2D eigenvalue weighted by Gasteiger charge is 2.16. The SMILES string of the molecule is CCCC(CCC)NCCC(=O)N1CCOCC1. The predicted molar refractivity (Wildman–Crippen MR) is 73.6 cm³/mol. The molecule has 1 fully saturated rings. The fraction of sp³-hybridized carbons (Fsp3) is 0.929. The Labute approximate surface area is 111 Å². The van der Waals surface area contributed by atoms with Crippen LogP contribution in [0.15, 0.2) is 0 Å². The van der Waals surface area contributed by atoms with Gasteiger partial charge in [-0.2, -0.15) is 0 Å². The second-order valence-electron chi connectivity index (χ2n) is 4.97. The molecule has 1 N–H and O–H groups in total. The summed E-state index contributed by atoms with van der Waals surface area (Å²) in [6.45, 7) is 8.12. The standard InChI is InChI=1S/C14H28N2O2/c1-3-5-13(6-4-2)15-8-7-14(17)16-9-11-18-12-10-16/h13,15H,3-12H2,1-2H3. The molecule has 0 aromatic carbocycles. The Morgan fingerprint density at radius 2 is 1.83 bits per heavy atom. The van der Waals surface area contributed by atoms with Gasteiger partial charge >= 0.3 is 0 Å². The summed E-state index contributed by atoms with van der Waals surface area (Å²) in [5.74, 6) is 0.262. The fourth-order valence-electron chi connectivity index (χ4n) is 2.40. The zero-order valence-electron chi connectivity index (χ0n) is 11.9. The first-order valence-electron chi connectivity index (χ1n) is 7.36. The van der Waals surface area contributed by atoms with E-state index in [0.717, 1.165) is 19.6 Å². The number of ether oxygens (including phenoxy) is 1. The van der Waals surface area contributed by atoms with Crippen LogP contribution < -0.4 is 5.32 Å². The largest absolute Gasteiger partial charge is 0.378 e. The molecule has 1 aliphatic heterocycles. The molecule has 0 aromatic rings. The number of carbonyl (C=O) groups excluding carboxylic acids is 1. The molecule has 106 valence electrons. The van der Waals surface area contributed by atoms with Crippen molar-refractivity contribution >= 4 is 5.91 Å². The molecule has 0 aliphatic carbocycles. The zero-order valence-corrected chi connectivity index (χ0v) is 11.9. The fourth-order valence-corrected chi connectivity index (χ4v) is 2.40. The average Bonchev–Trinajstić information content (AvgIpc) is 2.40. The normalized spacial score (nSPS) is 16.3. The van der Waals surface area contributed by atoms with Crippen molar-refractivity contribution in [1.82, 2.24) is 10.2 Å². The maximum absolute atomic E-state index is 11.9. The van der Waals surface area contributed by atoms with Gasteiger partial charge < -0.3 is 15.0 Å². The molecule has 1 aliphatic rings. The molecule has 1 amide bonds. The predicted octanol–water partition coefficient (Wildman–Crippen LogP) is 1.79. The van der Waals surface area contributed by atoms with Gasteiger partial charge in [-0.3, -0.25) is 4.79 Å². The Bertz CT molecular complexity index is 222. The minimum Gasteiger partial charge on any atom is -0.378 e. The van der Waals surface area contributed by atoms with Crippen LogP contribution in [-0.2, 0) is 9.53 Å². The maximum atomic E-state index is 11.9. The first-order valence-corrected chi connectivity index (χ1v) is 7.36. The van der Waals surface area contributed by atoms with Crippen molar-refractivity contribution in [2.45, 2.75) is 52.0 Å². The molecule has 0 unspecified atom stereocenters. The van der Waals surface area contributed by atoms with E-state index in [4.69, 9.17) is 4.74 Å². The van der Waals surface area contributed by atoms with Crippen molar-refractivity contribution in [2.24, 2.45) is 0 Å². The molecule has 0 radical (unpaired) electrons. The summed E-state index contributed by atoms with van der Waals surface area (Å²) < 4.78 is 5.25. The molecule has 1 saturated heterocycles. The highest BCUT2D eigenvalue weighted by molar-refractivity contribution is 5.76. The molecule has 0 atom stereocenters. The smallest absolute Gasteiger partial charge is 0.224 e. The summed E-state index contributed by atoms with van der Waals surface area (Å²) in [7, 11) is 0. The lowest BCUT2D eigenvalue weighted by Crippen LogP contribution is -2.42. The van der Waals surface area contributed by atoms with Crippen molar-refractivity contribution in [2.75, 3.05) is 32.8 Å². The van der Waals surface area contributed by atoms with E-state index in [1.165, 1.54) is 25.7 Å². The molecule has 1 rings (SSSR count). The van der Waals surface area contributed by atoms with Crippen molar-refractivity contribution in [3.8, 4) is 0 Å². The Morgan fingerprint density at radius 1 is 1.22 bits per heavy atom. The minimum atomic E-state index is 0.262. The Kier molecular flexibility index (Phi) is 8.01. The average molecular weight is 256 g/mol. The maximum Gasteiger partial charge on any atom is 0.224 e. The summed E-state index contributed by atoms with van der Waals surface area (Å²) in [5, 5.41) is 3.51. The lowest BCUT2D eigenvalue weighted by Gasteiger charge is -2.27. The second kappa shape index (κ2) is 9.34. The summed E-state index contributed by atoms with van der Waals surface area (Å²) >= 11 is 0. The highest BCUT2D eigenvalue weighted by atomic mass is 16.5.